The fourth-order valence-electron chi connectivity index (χ4n) is 1.28. The standard InChI is InChI=1S/C10H6F6O3/c11-9(12,13)5-1-4(7(17)8(18)19)2-6(3-5)10(14,15)16/h1-3,7,17H,(H,18,19)/t7-/m0/s1. The van der Waals surface area contributed by atoms with Gasteiger partial charge in [-0.2, -0.15) is 26.3 Å². The number of carboxylic acid groups (broad SMARTS) is 1. The molecule has 106 valence electrons. The maximum Gasteiger partial charge on any atom is 0.416 e. The Balaban J connectivity index is 3.45. The summed E-state index contributed by atoms with van der Waals surface area (Å²) in [6, 6.07) is 0.167. The lowest BCUT2D eigenvalue weighted by atomic mass is 10.0. The highest BCUT2D eigenvalue weighted by Crippen LogP contribution is 2.37. The summed E-state index contributed by atoms with van der Waals surface area (Å²) < 4.78 is 74.4. The van der Waals surface area contributed by atoms with Crippen molar-refractivity contribution in [2.75, 3.05) is 0 Å². The van der Waals surface area contributed by atoms with Crippen molar-refractivity contribution in [3.63, 3.8) is 0 Å². The van der Waals surface area contributed by atoms with Gasteiger partial charge in [-0.15, -0.1) is 0 Å². The molecular formula is C10H6F6O3. The quantitative estimate of drug-likeness (QED) is 0.823. The molecule has 2 N–H and O–H groups in total. The van der Waals surface area contributed by atoms with Gasteiger partial charge in [0.2, 0.25) is 0 Å². The Morgan fingerprint density at radius 3 is 1.58 bits per heavy atom. The Hall–Kier alpha value is -1.77. The SMILES string of the molecule is O=C(O)[C@@H](O)c1cc(C(F)(F)F)cc(C(F)(F)F)c1. The van der Waals surface area contributed by atoms with Crippen LogP contribution in [-0.2, 0) is 17.1 Å². The number of carboxylic acids is 1. The van der Waals surface area contributed by atoms with Crippen LogP contribution < -0.4 is 0 Å². The van der Waals surface area contributed by atoms with Gasteiger partial charge in [0.15, 0.2) is 6.10 Å². The molecule has 0 unspecified atom stereocenters. The van der Waals surface area contributed by atoms with E-state index in [1.165, 1.54) is 0 Å². The van der Waals surface area contributed by atoms with E-state index in [1.807, 2.05) is 0 Å². The largest absolute Gasteiger partial charge is 0.479 e. The molecule has 0 saturated heterocycles. The van der Waals surface area contributed by atoms with Crippen LogP contribution in [0.25, 0.3) is 0 Å². The predicted molar refractivity (Wildman–Crippen MR) is 49.0 cm³/mol. The molecule has 0 amide bonds. The predicted octanol–water partition coefficient (Wildman–Crippen LogP) is 2.84. The molecule has 19 heavy (non-hydrogen) atoms. The molecule has 9 heteroatoms. The molecular weight excluding hydrogens is 282 g/mol. The van der Waals surface area contributed by atoms with Gasteiger partial charge in [0.05, 0.1) is 11.1 Å². The molecule has 1 aromatic carbocycles. The average molecular weight is 288 g/mol. The van der Waals surface area contributed by atoms with Crippen LogP contribution in [-0.4, -0.2) is 16.2 Å². The summed E-state index contributed by atoms with van der Waals surface area (Å²) in [7, 11) is 0. The van der Waals surface area contributed by atoms with Crippen molar-refractivity contribution in [2.24, 2.45) is 0 Å². The molecule has 0 radical (unpaired) electrons. The first-order valence-electron chi connectivity index (χ1n) is 4.63. The molecule has 0 aliphatic rings. The van der Waals surface area contributed by atoms with E-state index >= 15 is 0 Å². The summed E-state index contributed by atoms with van der Waals surface area (Å²) in [5.41, 5.74) is -4.36. The first-order chi connectivity index (χ1) is 8.43. The number of benzene rings is 1. The van der Waals surface area contributed by atoms with E-state index < -0.39 is 41.1 Å². The maximum absolute atomic E-state index is 12.4. The number of hydrogen-bond donors (Lipinski definition) is 2. The monoisotopic (exact) mass is 288 g/mol. The molecule has 1 atom stereocenters. The number of rotatable bonds is 2. The van der Waals surface area contributed by atoms with Crippen LogP contribution in [0.15, 0.2) is 18.2 Å². The molecule has 0 aromatic heterocycles. The van der Waals surface area contributed by atoms with E-state index in [2.05, 4.69) is 0 Å². The highest BCUT2D eigenvalue weighted by molar-refractivity contribution is 5.74. The van der Waals surface area contributed by atoms with E-state index in [4.69, 9.17) is 10.2 Å². The summed E-state index contributed by atoms with van der Waals surface area (Å²) in [5, 5.41) is 17.5. The second kappa shape index (κ2) is 4.72. The summed E-state index contributed by atoms with van der Waals surface area (Å²) >= 11 is 0. The van der Waals surface area contributed by atoms with Crippen LogP contribution in [0.3, 0.4) is 0 Å². The van der Waals surface area contributed by atoms with Crippen LogP contribution in [0.1, 0.15) is 22.8 Å². The Morgan fingerprint density at radius 2 is 1.32 bits per heavy atom. The first-order valence-corrected chi connectivity index (χ1v) is 4.63. The smallest absolute Gasteiger partial charge is 0.416 e. The van der Waals surface area contributed by atoms with E-state index in [0.29, 0.717) is 0 Å². The normalized spacial score (nSPS) is 14.3. The molecule has 0 heterocycles. The van der Waals surface area contributed by atoms with Gasteiger partial charge in [0.1, 0.15) is 0 Å². The van der Waals surface area contributed by atoms with Crippen LogP contribution in [0.4, 0.5) is 26.3 Å². The Bertz CT molecular complexity index is 459. The van der Waals surface area contributed by atoms with E-state index in [9.17, 15) is 31.1 Å². The summed E-state index contributed by atoms with van der Waals surface area (Å²) in [4.78, 5) is 10.4. The summed E-state index contributed by atoms with van der Waals surface area (Å²) in [6.45, 7) is 0. The summed E-state index contributed by atoms with van der Waals surface area (Å²) in [5.74, 6) is -1.95. The summed E-state index contributed by atoms with van der Waals surface area (Å²) in [6.07, 6.45) is -12.6. The number of aliphatic carboxylic acids is 1. The van der Waals surface area contributed by atoms with Gasteiger partial charge < -0.3 is 10.2 Å². The van der Waals surface area contributed by atoms with Gasteiger partial charge in [-0.1, -0.05) is 0 Å². The van der Waals surface area contributed by atoms with Gasteiger partial charge in [-0.05, 0) is 23.8 Å². The Morgan fingerprint density at radius 1 is 0.947 bits per heavy atom. The van der Waals surface area contributed by atoms with Crippen molar-refractivity contribution in [1.29, 1.82) is 0 Å². The fraction of sp³-hybridized carbons (Fsp3) is 0.300. The van der Waals surface area contributed by atoms with Crippen molar-refractivity contribution in [1.82, 2.24) is 0 Å². The van der Waals surface area contributed by atoms with Crippen LogP contribution in [0, 0.1) is 0 Å². The third-order valence-corrected chi connectivity index (χ3v) is 2.16. The van der Waals surface area contributed by atoms with Gasteiger partial charge in [-0.25, -0.2) is 4.79 Å². The number of aliphatic hydroxyl groups excluding tert-OH is 1. The fourth-order valence-corrected chi connectivity index (χ4v) is 1.28. The zero-order valence-corrected chi connectivity index (χ0v) is 8.88. The molecule has 0 aliphatic carbocycles. The van der Waals surface area contributed by atoms with Crippen molar-refractivity contribution >= 4 is 5.97 Å². The second-order valence-corrected chi connectivity index (χ2v) is 3.58. The van der Waals surface area contributed by atoms with E-state index in [-0.39, 0.29) is 18.2 Å². The van der Waals surface area contributed by atoms with Gasteiger partial charge >= 0.3 is 18.3 Å². The zero-order chi connectivity index (χ0) is 15.0. The van der Waals surface area contributed by atoms with Gasteiger partial charge in [-0.3, -0.25) is 0 Å². The van der Waals surface area contributed by atoms with Crippen molar-refractivity contribution in [2.45, 2.75) is 18.5 Å². The molecule has 1 aromatic rings. The third-order valence-electron chi connectivity index (χ3n) is 2.16. The Labute approximate surface area is 102 Å². The van der Waals surface area contributed by atoms with Crippen molar-refractivity contribution in [3.05, 3.63) is 34.9 Å². The first kappa shape index (κ1) is 15.3. The highest BCUT2D eigenvalue weighted by atomic mass is 19.4. The van der Waals surface area contributed by atoms with Crippen LogP contribution >= 0.6 is 0 Å². The maximum atomic E-state index is 12.4. The molecule has 0 bridgehead atoms. The van der Waals surface area contributed by atoms with Crippen LogP contribution in [0.2, 0.25) is 0 Å². The lowest BCUT2D eigenvalue weighted by Gasteiger charge is -2.15. The minimum Gasteiger partial charge on any atom is -0.479 e. The number of hydrogen-bond acceptors (Lipinski definition) is 2. The molecule has 0 fully saturated rings. The highest BCUT2D eigenvalue weighted by Gasteiger charge is 2.37. The zero-order valence-electron chi connectivity index (χ0n) is 8.88. The van der Waals surface area contributed by atoms with Crippen molar-refractivity contribution in [3.8, 4) is 0 Å². The number of carbonyl (C=O) groups is 1. The van der Waals surface area contributed by atoms with E-state index in [1.54, 1.807) is 0 Å². The number of aliphatic hydroxyl groups is 1. The molecule has 1 rings (SSSR count). The van der Waals surface area contributed by atoms with Crippen molar-refractivity contribution < 1.29 is 41.4 Å². The Kier molecular flexibility index (Phi) is 3.80. The minimum absolute atomic E-state index is 0.155. The molecule has 0 spiro atoms. The minimum atomic E-state index is -5.09. The van der Waals surface area contributed by atoms with Gasteiger partial charge in [0, 0.05) is 0 Å². The lowest BCUT2D eigenvalue weighted by Crippen LogP contribution is -2.16. The number of alkyl halides is 6. The topological polar surface area (TPSA) is 57.5 Å². The second-order valence-electron chi connectivity index (χ2n) is 3.58. The van der Waals surface area contributed by atoms with E-state index in [0.717, 1.165) is 0 Å². The van der Waals surface area contributed by atoms with Gasteiger partial charge in [0.25, 0.3) is 0 Å². The average Bonchev–Trinajstić information content (AvgIpc) is 2.24. The number of halogens is 6. The van der Waals surface area contributed by atoms with Crippen LogP contribution in [0.5, 0.6) is 0 Å². The molecule has 0 saturated carbocycles. The lowest BCUT2D eigenvalue weighted by molar-refractivity contribution is -0.148. The third kappa shape index (κ3) is 3.60. The molecule has 3 nitrogen and oxygen atoms in total. The molecule has 0 aliphatic heterocycles.